The average Bonchev–Trinajstić information content (AvgIpc) is 2.97. The van der Waals surface area contributed by atoms with Crippen molar-refractivity contribution in [3.63, 3.8) is 0 Å². The Kier molecular flexibility index (Phi) is 9.38. The fourth-order valence-corrected chi connectivity index (χ4v) is 3.28. The van der Waals surface area contributed by atoms with Crippen LogP contribution in [-0.2, 0) is 11.2 Å². The summed E-state index contributed by atoms with van der Waals surface area (Å²) in [5.41, 5.74) is 6.76. The van der Waals surface area contributed by atoms with E-state index in [4.69, 9.17) is 5.73 Å². The van der Waals surface area contributed by atoms with Gasteiger partial charge in [-0.3, -0.25) is 4.79 Å². The molecule has 0 unspecified atom stereocenters. The van der Waals surface area contributed by atoms with Crippen molar-refractivity contribution in [2.24, 2.45) is 17.6 Å². The van der Waals surface area contributed by atoms with Crippen molar-refractivity contribution in [3.8, 4) is 0 Å². The maximum absolute atomic E-state index is 12.0. The van der Waals surface area contributed by atoms with Crippen LogP contribution >= 0.6 is 36.2 Å². The molecule has 1 heterocycles. The Bertz CT molecular complexity index is 414. The summed E-state index contributed by atoms with van der Waals surface area (Å²) < 4.78 is 0. The minimum atomic E-state index is 0. The monoisotopic (exact) mass is 339 g/mol. The smallest absolute Gasteiger partial charge is 0.223 e. The second kappa shape index (κ2) is 9.55. The van der Waals surface area contributed by atoms with E-state index in [1.807, 2.05) is 6.92 Å². The lowest BCUT2D eigenvalue weighted by molar-refractivity contribution is -0.125. The van der Waals surface area contributed by atoms with Crippen LogP contribution < -0.4 is 11.1 Å². The van der Waals surface area contributed by atoms with Gasteiger partial charge in [0.15, 0.2) is 0 Å². The van der Waals surface area contributed by atoms with Gasteiger partial charge in [-0.1, -0.05) is 6.42 Å². The van der Waals surface area contributed by atoms with Crippen molar-refractivity contribution in [2.75, 3.05) is 13.1 Å². The van der Waals surface area contributed by atoms with E-state index in [9.17, 15) is 4.79 Å². The normalized spacial score (nSPS) is 20.9. The Morgan fingerprint density at radius 1 is 1.50 bits per heavy atom. The van der Waals surface area contributed by atoms with E-state index in [2.05, 4.69) is 15.7 Å². The summed E-state index contributed by atoms with van der Waals surface area (Å²) in [5, 5.41) is 6.15. The molecule has 4 nitrogen and oxygen atoms in total. The Morgan fingerprint density at radius 2 is 2.25 bits per heavy atom. The van der Waals surface area contributed by atoms with Gasteiger partial charge in [-0.25, -0.2) is 4.98 Å². The molecule has 7 heteroatoms. The molecule has 3 N–H and O–H groups in total. The zero-order valence-corrected chi connectivity index (χ0v) is 14.1. The molecular formula is C13H23Cl2N3OS. The van der Waals surface area contributed by atoms with Crippen LogP contribution in [0, 0.1) is 18.8 Å². The van der Waals surface area contributed by atoms with Crippen LogP contribution in [0.4, 0.5) is 0 Å². The topological polar surface area (TPSA) is 68.0 Å². The molecule has 0 aliphatic heterocycles. The summed E-state index contributed by atoms with van der Waals surface area (Å²) in [7, 11) is 0. The summed E-state index contributed by atoms with van der Waals surface area (Å²) in [6, 6.07) is 0. The van der Waals surface area contributed by atoms with E-state index in [-0.39, 0.29) is 36.6 Å². The highest BCUT2D eigenvalue weighted by atomic mass is 35.5. The fraction of sp³-hybridized carbons (Fsp3) is 0.692. The van der Waals surface area contributed by atoms with Crippen LogP contribution in [0.5, 0.6) is 0 Å². The van der Waals surface area contributed by atoms with Crippen molar-refractivity contribution in [2.45, 2.75) is 32.6 Å². The molecule has 0 radical (unpaired) electrons. The number of amides is 1. The Labute approximate surface area is 136 Å². The SMILES string of the molecule is Cc1nc(CCNC(=O)[C@@H]2CCC[C@@H]2CN)cs1.Cl.Cl. The van der Waals surface area contributed by atoms with E-state index in [0.717, 1.165) is 36.4 Å². The van der Waals surface area contributed by atoms with Gasteiger partial charge < -0.3 is 11.1 Å². The van der Waals surface area contributed by atoms with Crippen molar-refractivity contribution >= 4 is 42.1 Å². The van der Waals surface area contributed by atoms with Gasteiger partial charge in [0.2, 0.25) is 5.91 Å². The minimum Gasteiger partial charge on any atom is -0.355 e. The molecule has 2 rings (SSSR count). The van der Waals surface area contributed by atoms with Crippen LogP contribution in [0.1, 0.15) is 30.0 Å². The third kappa shape index (κ3) is 5.20. The van der Waals surface area contributed by atoms with Crippen LogP contribution in [0.25, 0.3) is 0 Å². The highest BCUT2D eigenvalue weighted by Gasteiger charge is 2.31. The molecule has 2 atom stereocenters. The first kappa shape index (κ1) is 19.6. The number of nitrogens with one attached hydrogen (secondary N) is 1. The quantitative estimate of drug-likeness (QED) is 0.864. The third-order valence-corrected chi connectivity index (χ3v) is 4.47. The predicted octanol–water partition coefficient (Wildman–Crippen LogP) is 2.33. The number of aromatic nitrogens is 1. The molecule has 0 bridgehead atoms. The number of thiazole rings is 1. The van der Waals surface area contributed by atoms with Gasteiger partial charge in [-0.15, -0.1) is 36.2 Å². The van der Waals surface area contributed by atoms with Crippen molar-refractivity contribution in [1.82, 2.24) is 10.3 Å². The summed E-state index contributed by atoms with van der Waals surface area (Å²) in [4.78, 5) is 16.4. The van der Waals surface area contributed by atoms with Crippen LogP contribution in [0.3, 0.4) is 0 Å². The second-order valence-electron chi connectivity index (χ2n) is 4.93. The van der Waals surface area contributed by atoms with Gasteiger partial charge in [-0.05, 0) is 32.2 Å². The summed E-state index contributed by atoms with van der Waals surface area (Å²) >= 11 is 1.65. The number of aryl methyl sites for hydroxylation is 1. The number of halogens is 2. The summed E-state index contributed by atoms with van der Waals surface area (Å²) in [6.07, 6.45) is 4.03. The van der Waals surface area contributed by atoms with Crippen LogP contribution in [-0.4, -0.2) is 24.0 Å². The molecule has 0 saturated heterocycles. The Morgan fingerprint density at radius 3 is 2.85 bits per heavy atom. The molecule has 20 heavy (non-hydrogen) atoms. The Balaban J connectivity index is 0.00000180. The van der Waals surface area contributed by atoms with Crippen LogP contribution in [0.2, 0.25) is 0 Å². The third-order valence-electron chi connectivity index (χ3n) is 3.65. The lowest BCUT2D eigenvalue weighted by atomic mass is 9.95. The summed E-state index contributed by atoms with van der Waals surface area (Å²) in [6.45, 7) is 3.30. The number of hydrogen-bond acceptors (Lipinski definition) is 4. The van der Waals surface area contributed by atoms with Crippen molar-refractivity contribution in [1.29, 1.82) is 0 Å². The highest BCUT2D eigenvalue weighted by Crippen LogP contribution is 2.30. The first-order chi connectivity index (χ1) is 8.70. The number of rotatable bonds is 5. The van der Waals surface area contributed by atoms with E-state index in [0.29, 0.717) is 19.0 Å². The largest absolute Gasteiger partial charge is 0.355 e. The number of carbonyl (C=O) groups excluding carboxylic acids is 1. The van der Waals surface area contributed by atoms with E-state index >= 15 is 0 Å². The zero-order valence-electron chi connectivity index (χ0n) is 11.6. The minimum absolute atomic E-state index is 0. The molecule has 1 aliphatic rings. The van der Waals surface area contributed by atoms with E-state index < -0.39 is 0 Å². The molecule has 0 spiro atoms. The molecule has 1 amide bonds. The van der Waals surface area contributed by atoms with Gasteiger partial charge in [0.25, 0.3) is 0 Å². The number of nitrogens with two attached hydrogens (primary N) is 1. The molecule has 116 valence electrons. The molecule has 1 saturated carbocycles. The van der Waals surface area contributed by atoms with Gasteiger partial charge >= 0.3 is 0 Å². The number of nitrogens with zero attached hydrogens (tertiary/aromatic N) is 1. The first-order valence-electron chi connectivity index (χ1n) is 6.59. The second-order valence-corrected chi connectivity index (χ2v) is 5.99. The molecule has 1 aromatic rings. The lowest BCUT2D eigenvalue weighted by Gasteiger charge is -2.17. The van der Waals surface area contributed by atoms with Gasteiger partial charge in [0.1, 0.15) is 0 Å². The average molecular weight is 340 g/mol. The molecule has 1 aromatic heterocycles. The molecule has 1 aliphatic carbocycles. The predicted molar refractivity (Wildman–Crippen MR) is 87.9 cm³/mol. The molecule has 0 aromatic carbocycles. The summed E-state index contributed by atoms with van der Waals surface area (Å²) in [5.74, 6) is 0.689. The van der Waals surface area contributed by atoms with Gasteiger partial charge in [-0.2, -0.15) is 0 Å². The first-order valence-corrected chi connectivity index (χ1v) is 7.47. The maximum Gasteiger partial charge on any atom is 0.223 e. The fourth-order valence-electron chi connectivity index (χ4n) is 2.63. The van der Waals surface area contributed by atoms with Crippen molar-refractivity contribution in [3.05, 3.63) is 16.1 Å². The highest BCUT2D eigenvalue weighted by molar-refractivity contribution is 7.09. The maximum atomic E-state index is 12.0. The Hall–Kier alpha value is -0.360. The van der Waals surface area contributed by atoms with Crippen molar-refractivity contribution < 1.29 is 4.79 Å². The van der Waals surface area contributed by atoms with Crippen LogP contribution in [0.15, 0.2) is 5.38 Å². The van der Waals surface area contributed by atoms with E-state index in [1.165, 1.54) is 0 Å². The lowest BCUT2D eigenvalue weighted by Crippen LogP contribution is -2.36. The number of hydrogen-bond donors (Lipinski definition) is 2. The molecular weight excluding hydrogens is 317 g/mol. The zero-order chi connectivity index (χ0) is 13.0. The number of carbonyl (C=O) groups is 1. The van der Waals surface area contributed by atoms with Gasteiger partial charge in [0.05, 0.1) is 10.7 Å². The van der Waals surface area contributed by atoms with Gasteiger partial charge in [0, 0.05) is 24.3 Å². The standard InChI is InChI=1S/C13H21N3OS.2ClH/c1-9-16-11(8-18-9)5-6-15-13(17)12-4-2-3-10(12)7-14;;/h8,10,12H,2-7,14H2,1H3,(H,15,17);2*1H/t10-,12-;;/m1../s1. The molecule has 1 fully saturated rings. The van der Waals surface area contributed by atoms with E-state index in [1.54, 1.807) is 11.3 Å².